The minimum absolute atomic E-state index is 0.0265. The highest BCUT2D eigenvalue weighted by Crippen LogP contribution is 2.21. The molecule has 0 aliphatic heterocycles. The summed E-state index contributed by atoms with van der Waals surface area (Å²) in [6.07, 6.45) is -0.726. The van der Waals surface area contributed by atoms with Crippen LogP contribution in [0.5, 0.6) is 0 Å². The van der Waals surface area contributed by atoms with Gasteiger partial charge in [0.2, 0.25) is 5.91 Å². The van der Waals surface area contributed by atoms with Crippen LogP contribution in [0.15, 0.2) is 24.3 Å². The highest BCUT2D eigenvalue weighted by Gasteiger charge is 2.17. The number of carbonyl (C=O) groups is 1. The molecule has 0 heterocycles. The number of halogens is 1. The quantitative estimate of drug-likeness (QED) is 0.851. The summed E-state index contributed by atoms with van der Waals surface area (Å²) in [4.78, 5) is 13.1. The summed E-state index contributed by atoms with van der Waals surface area (Å²) in [6.45, 7) is 2.05. The molecule has 2 N–H and O–H groups in total. The van der Waals surface area contributed by atoms with Crippen LogP contribution < -0.4 is 5.32 Å². The van der Waals surface area contributed by atoms with Crippen molar-refractivity contribution in [3.05, 3.63) is 34.9 Å². The van der Waals surface area contributed by atoms with Crippen molar-refractivity contribution in [2.45, 2.75) is 19.1 Å². The highest BCUT2D eigenvalue weighted by atomic mass is 35.5. The number of hydrogen-bond donors (Lipinski definition) is 2. The molecule has 100 valence electrons. The Morgan fingerprint density at radius 2 is 2.06 bits per heavy atom. The van der Waals surface area contributed by atoms with Gasteiger partial charge >= 0.3 is 0 Å². The standard InChI is InChI=1S/C13H19ClN2O2/c1-9(13(18)16(2)3)15-8-12(17)10-6-4-5-7-11(10)14/h4-7,9,12,15,17H,8H2,1-3H3. The summed E-state index contributed by atoms with van der Waals surface area (Å²) in [6, 6.07) is 6.79. The largest absolute Gasteiger partial charge is 0.387 e. The van der Waals surface area contributed by atoms with Crippen LogP contribution in [-0.4, -0.2) is 42.6 Å². The van der Waals surface area contributed by atoms with Gasteiger partial charge in [-0.05, 0) is 13.0 Å². The second-order valence-electron chi connectivity index (χ2n) is 4.40. The first kappa shape index (κ1) is 15.0. The lowest BCUT2D eigenvalue weighted by Crippen LogP contribution is -2.42. The average Bonchev–Trinajstić information content (AvgIpc) is 2.35. The molecule has 0 saturated carbocycles. The monoisotopic (exact) mass is 270 g/mol. The van der Waals surface area contributed by atoms with E-state index in [9.17, 15) is 9.90 Å². The van der Waals surface area contributed by atoms with Crippen molar-refractivity contribution in [1.29, 1.82) is 0 Å². The molecule has 4 nitrogen and oxygen atoms in total. The molecule has 1 aromatic carbocycles. The summed E-state index contributed by atoms with van der Waals surface area (Å²) in [5.41, 5.74) is 0.663. The van der Waals surface area contributed by atoms with Crippen LogP contribution in [0.1, 0.15) is 18.6 Å². The number of amides is 1. The molecule has 2 unspecified atom stereocenters. The third-order valence-corrected chi connectivity index (χ3v) is 3.04. The maximum absolute atomic E-state index is 11.6. The number of nitrogens with one attached hydrogen (secondary N) is 1. The van der Waals surface area contributed by atoms with Crippen molar-refractivity contribution < 1.29 is 9.90 Å². The van der Waals surface area contributed by atoms with Gasteiger partial charge in [-0.3, -0.25) is 4.79 Å². The van der Waals surface area contributed by atoms with Gasteiger partial charge in [0.15, 0.2) is 0 Å². The van der Waals surface area contributed by atoms with Crippen molar-refractivity contribution >= 4 is 17.5 Å². The predicted molar refractivity (Wildman–Crippen MR) is 72.6 cm³/mol. The molecule has 5 heteroatoms. The van der Waals surface area contributed by atoms with Gasteiger partial charge in [0.1, 0.15) is 0 Å². The Hall–Kier alpha value is -1.10. The van der Waals surface area contributed by atoms with Crippen molar-refractivity contribution in [2.75, 3.05) is 20.6 Å². The van der Waals surface area contributed by atoms with E-state index < -0.39 is 6.10 Å². The van der Waals surface area contributed by atoms with Gasteiger partial charge in [-0.15, -0.1) is 0 Å². The highest BCUT2D eigenvalue weighted by molar-refractivity contribution is 6.31. The summed E-state index contributed by atoms with van der Waals surface area (Å²) in [5, 5.41) is 13.5. The van der Waals surface area contributed by atoms with Crippen molar-refractivity contribution in [2.24, 2.45) is 0 Å². The van der Waals surface area contributed by atoms with E-state index >= 15 is 0 Å². The molecule has 0 aromatic heterocycles. The number of aliphatic hydroxyl groups excluding tert-OH is 1. The molecule has 0 fully saturated rings. The number of aliphatic hydroxyl groups is 1. The fourth-order valence-electron chi connectivity index (χ4n) is 1.62. The Bertz CT molecular complexity index is 410. The Kier molecular flexibility index (Phi) is 5.59. The van der Waals surface area contributed by atoms with Gasteiger partial charge in [0, 0.05) is 31.2 Å². The lowest BCUT2D eigenvalue weighted by molar-refractivity contribution is -0.130. The van der Waals surface area contributed by atoms with Gasteiger partial charge in [0.05, 0.1) is 12.1 Å². The van der Waals surface area contributed by atoms with Gasteiger partial charge in [-0.2, -0.15) is 0 Å². The maximum atomic E-state index is 11.6. The number of hydrogen-bond acceptors (Lipinski definition) is 3. The molecule has 0 aliphatic rings. The SMILES string of the molecule is CC(NCC(O)c1ccccc1Cl)C(=O)N(C)C. The van der Waals surface area contributed by atoms with E-state index in [2.05, 4.69) is 5.32 Å². The Balaban J connectivity index is 2.54. The van der Waals surface area contributed by atoms with Crippen molar-refractivity contribution in [3.8, 4) is 0 Å². The van der Waals surface area contributed by atoms with E-state index in [4.69, 9.17) is 11.6 Å². The third kappa shape index (κ3) is 3.98. The Morgan fingerprint density at radius 1 is 1.44 bits per heavy atom. The minimum atomic E-state index is -0.726. The van der Waals surface area contributed by atoms with Gasteiger partial charge in [-0.1, -0.05) is 29.8 Å². The minimum Gasteiger partial charge on any atom is -0.387 e. The molecule has 0 saturated heterocycles. The Morgan fingerprint density at radius 3 is 2.61 bits per heavy atom. The second-order valence-corrected chi connectivity index (χ2v) is 4.81. The first-order valence-electron chi connectivity index (χ1n) is 5.80. The molecule has 0 bridgehead atoms. The zero-order valence-electron chi connectivity index (χ0n) is 10.9. The van der Waals surface area contributed by atoms with Crippen LogP contribution in [0.25, 0.3) is 0 Å². The normalized spacial score (nSPS) is 14.1. The van der Waals surface area contributed by atoms with Crippen LogP contribution in [-0.2, 0) is 4.79 Å². The fraction of sp³-hybridized carbons (Fsp3) is 0.462. The summed E-state index contributed by atoms with van der Waals surface area (Å²) >= 11 is 5.98. The lowest BCUT2D eigenvalue weighted by Gasteiger charge is -2.20. The lowest BCUT2D eigenvalue weighted by atomic mass is 10.1. The molecule has 0 radical (unpaired) electrons. The van der Waals surface area contributed by atoms with Gasteiger partial charge in [0.25, 0.3) is 0 Å². The maximum Gasteiger partial charge on any atom is 0.238 e. The third-order valence-electron chi connectivity index (χ3n) is 2.69. The number of carbonyl (C=O) groups excluding carboxylic acids is 1. The predicted octanol–water partition coefficient (Wildman–Crippen LogP) is 1.44. The topological polar surface area (TPSA) is 52.6 Å². The van der Waals surface area contributed by atoms with Gasteiger partial charge < -0.3 is 15.3 Å². The van der Waals surface area contributed by atoms with Crippen LogP contribution >= 0.6 is 11.6 Å². The average molecular weight is 271 g/mol. The molecule has 2 atom stereocenters. The molecule has 0 aliphatic carbocycles. The van der Waals surface area contributed by atoms with Crippen LogP contribution in [0.4, 0.5) is 0 Å². The number of benzene rings is 1. The molecular formula is C13H19ClN2O2. The van der Waals surface area contributed by atoms with Crippen LogP contribution in [0.2, 0.25) is 5.02 Å². The number of rotatable bonds is 5. The first-order valence-corrected chi connectivity index (χ1v) is 6.18. The van der Waals surface area contributed by atoms with E-state index in [1.807, 2.05) is 12.1 Å². The first-order chi connectivity index (χ1) is 8.43. The summed E-state index contributed by atoms with van der Waals surface area (Å²) in [5.74, 6) is -0.0265. The zero-order chi connectivity index (χ0) is 13.7. The van der Waals surface area contributed by atoms with E-state index in [0.717, 1.165) is 0 Å². The van der Waals surface area contributed by atoms with E-state index in [-0.39, 0.29) is 18.5 Å². The fourth-order valence-corrected chi connectivity index (χ4v) is 1.88. The van der Waals surface area contributed by atoms with E-state index in [1.54, 1.807) is 33.2 Å². The second kappa shape index (κ2) is 6.73. The smallest absolute Gasteiger partial charge is 0.238 e. The molecule has 1 amide bonds. The van der Waals surface area contributed by atoms with E-state index in [0.29, 0.717) is 10.6 Å². The van der Waals surface area contributed by atoms with Crippen LogP contribution in [0.3, 0.4) is 0 Å². The molecule has 18 heavy (non-hydrogen) atoms. The summed E-state index contributed by atoms with van der Waals surface area (Å²) in [7, 11) is 3.40. The molecule has 1 rings (SSSR count). The Labute approximate surface area is 113 Å². The number of nitrogens with zero attached hydrogens (tertiary/aromatic N) is 1. The molecule has 0 spiro atoms. The summed E-state index contributed by atoms with van der Waals surface area (Å²) < 4.78 is 0. The molecule has 1 aromatic rings. The molecular weight excluding hydrogens is 252 g/mol. The van der Waals surface area contributed by atoms with Crippen molar-refractivity contribution in [1.82, 2.24) is 10.2 Å². The van der Waals surface area contributed by atoms with E-state index in [1.165, 1.54) is 4.90 Å². The zero-order valence-corrected chi connectivity index (χ0v) is 11.6. The van der Waals surface area contributed by atoms with Gasteiger partial charge in [-0.25, -0.2) is 0 Å². The van der Waals surface area contributed by atoms with Crippen molar-refractivity contribution in [3.63, 3.8) is 0 Å². The van der Waals surface area contributed by atoms with Crippen LogP contribution in [0, 0.1) is 0 Å². The number of likely N-dealkylation sites (N-methyl/N-ethyl adjacent to an activating group) is 1.